The maximum atomic E-state index is 13.9. The maximum Gasteiger partial charge on any atom is 0.315 e. The molecule has 0 radical (unpaired) electrons. The van der Waals surface area contributed by atoms with Gasteiger partial charge in [0, 0.05) is 29.3 Å². The predicted octanol–water partition coefficient (Wildman–Crippen LogP) is 3.98. The van der Waals surface area contributed by atoms with Crippen LogP contribution < -0.4 is 0 Å². The first-order chi connectivity index (χ1) is 13.4. The van der Waals surface area contributed by atoms with Crippen LogP contribution in [0.4, 0.5) is 4.39 Å². The largest absolute Gasteiger partial charge is 0.463 e. The highest BCUT2D eigenvalue weighted by molar-refractivity contribution is 6.08. The molecule has 1 heterocycles. The van der Waals surface area contributed by atoms with Crippen molar-refractivity contribution in [2.75, 3.05) is 13.2 Å². The fourth-order valence-corrected chi connectivity index (χ4v) is 3.89. The van der Waals surface area contributed by atoms with Crippen LogP contribution in [0.25, 0.3) is 0 Å². The van der Waals surface area contributed by atoms with E-state index in [1.165, 1.54) is 12.1 Å². The van der Waals surface area contributed by atoms with Crippen molar-refractivity contribution in [1.29, 1.82) is 0 Å². The minimum absolute atomic E-state index is 0.0206. The fourth-order valence-electron chi connectivity index (χ4n) is 3.89. The van der Waals surface area contributed by atoms with Gasteiger partial charge in [-0.25, -0.2) is 4.39 Å². The third-order valence-electron chi connectivity index (χ3n) is 5.08. The van der Waals surface area contributed by atoms with Crippen LogP contribution >= 0.6 is 0 Å². The predicted molar refractivity (Wildman–Crippen MR) is 104 cm³/mol. The van der Waals surface area contributed by atoms with Crippen molar-refractivity contribution < 1.29 is 23.5 Å². The molecule has 5 nitrogen and oxygen atoms in total. The Balaban J connectivity index is 1.93. The van der Waals surface area contributed by atoms with E-state index in [-0.39, 0.29) is 18.5 Å². The van der Waals surface area contributed by atoms with Crippen molar-refractivity contribution >= 4 is 17.5 Å². The molecule has 0 amide bonds. The van der Waals surface area contributed by atoms with E-state index < -0.39 is 23.6 Å². The summed E-state index contributed by atoms with van der Waals surface area (Å²) in [6.07, 6.45) is 1.90. The molecule has 2 aliphatic rings. The normalized spacial score (nSPS) is 22.2. The summed E-state index contributed by atoms with van der Waals surface area (Å²) in [6.45, 7) is 6.00. The summed E-state index contributed by atoms with van der Waals surface area (Å²) in [5.41, 5.74) is 2.44. The van der Waals surface area contributed by atoms with Gasteiger partial charge in [0.1, 0.15) is 18.3 Å². The van der Waals surface area contributed by atoms with Crippen molar-refractivity contribution in [2.24, 2.45) is 10.9 Å². The van der Waals surface area contributed by atoms with Gasteiger partial charge in [-0.05, 0) is 51.3 Å². The molecule has 0 aromatic heterocycles. The Morgan fingerprint density at radius 1 is 1.29 bits per heavy atom. The van der Waals surface area contributed by atoms with Crippen molar-refractivity contribution in [3.05, 3.63) is 46.9 Å². The number of ether oxygens (including phenoxy) is 2. The van der Waals surface area contributed by atoms with E-state index in [0.717, 1.165) is 12.1 Å². The standard InChI is InChI=1S/C22H26FNO4/c1-13(2)27-10-11-28-22(26)19-14(3)24-17-8-5-9-18(25)21(17)20(19)15-6-4-7-16(23)12-15/h4,6-7,12-13,19-20H,5,8-11H2,1-3H3/t19?,20-/m1/s1. The summed E-state index contributed by atoms with van der Waals surface area (Å²) in [5, 5.41) is 0. The number of Topliss-reactive ketones (excluding diaryl/α,β-unsaturated/α-hetero) is 1. The lowest BCUT2D eigenvalue weighted by molar-refractivity contribution is -0.148. The lowest BCUT2D eigenvalue weighted by atomic mass is 9.72. The Labute approximate surface area is 164 Å². The molecule has 0 fully saturated rings. The monoisotopic (exact) mass is 387 g/mol. The van der Waals surface area contributed by atoms with Crippen LogP contribution in [0.5, 0.6) is 0 Å². The van der Waals surface area contributed by atoms with Gasteiger partial charge in [0.05, 0.1) is 12.7 Å². The number of aliphatic imine (C=N–C) groups is 1. The average molecular weight is 387 g/mol. The second-order valence-electron chi connectivity index (χ2n) is 7.49. The fraction of sp³-hybridized carbons (Fsp3) is 0.500. The number of hydrogen-bond acceptors (Lipinski definition) is 5. The van der Waals surface area contributed by atoms with Gasteiger partial charge in [-0.15, -0.1) is 0 Å². The highest BCUT2D eigenvalue weighted by Crippen LogP contribution is 2.43. The Bertz CT molecular complexity index is 828. The van der Waals surface area contributed by atoms with Crippen LogP contribution in [0.3, 0.4) is 0 Å². The van der Waals surface area contributed by atoms with E-state index in [0.29, 0.717) is 36.3 Å². The third kappa shape index (κ3) is 4.38. The number of esters is 1. The molecule has 1 aliphatic heterocycles. The maximum absolute atomic E-state index is 13.9. The number of ketones is 1. The van der Waals surface area contributed by atoms with Gasteiger partial charge < -0.3 is 9.47 Å². The Morgan fingerprint density at radius 3 is 2.79 bits per heavy atom. The zero-order valence-electron chi connectivity index (χ0n) is 16.5. The van der Waals surface area contributed by atoms with Gasteiger partial charge in [0.2, 0.25) is 0 Å². The number of hydrogen-bond donors (Lipinski definition) is 0. The SMILES string of the molecule is CC1=NC2=C(C(=O)CCC2)[C@H](c2cccc(F)c2)C1C(=O)OCCOC(C)C. The molecule has 1 aromatic rings. The van der Waals surface area contributed by atoms with Crippen LogP contribution in [0.15, 0.2) is 40.5 Å². The molecule has 0 saturated heterocycles. The minimum atomic E-state index is -0.748. The first-order valence-electron chi connectivity index (χ1n) is 9.73. The van der Waals surface area contributed by atoms with Crippen LogP contribution in [0.2, 0.25) is 0 Å². The molecular weight excluding hydrogens is 361 g/mol. The average Bonchev–Trinajstić information content (AvgIpc) is 2.64. The van der Waals surface area contributed by atoms with E-state index >= 15 is 0 Å². The van der Waals surface area contributed by atoms with E-state index in [1.807, 2.05) is 13.8 Å². The van der Waals surface area contributed by atoms with Gasteiger partial charge >= 0.3 is 5.97 Å². The number of halogens is 1. The molecule has 150 valence electrons. The van der Waals surface area contributed by atoms with Gasteiger partial charge in [0.15, 0.2) is 5.78 Å². The highest BCUT2D eigenvalue weighted by Gasteiger charge is 2.43. The second kappa shape index (κ2) is 8.78. The number of carbonyl (C=O) groups excluding carboxylic acids is 2. The second-order valence-corrected chi connectivity index (χ2v) is 7.49. The molecule has 0 N–H and O–H groups in total. The minimum Gasteiger partial charge on any atom is -0.463 e. The molecule has 6 heteroatoms. The van der Waals surface area contributed by atoms with Crippen LogP contribution in [0, 0.1) is 11.7 Å². The molecule has 1 unspecified atom stereocenters. The van der Waals surface area contributed by atoms with Gasteiger partial charge in [-0.1, -0.05) is 12.1 Å². The van der Waals surface area contributed by atoms with E-state index in [4.69, 9.17) is 9.47 Å². The van der Waals surface area contributed by atoms with Crippen molar-refractivity contribution in [3.63, 3.8) is 0 Å². The van der Waals surface area contributed by atoms with E-state index in [9.17, 15) is 14.0 Å². The molecule has 1 aliphatic carbocycles. The first kappa shape index (κ1) is 20.4. The number of rotatable bonds is 6. The number of carbonyl (C=O) groups is 2. The van der Waals surface area contributed by atoms with Crippen molar-refractivity contribution in [1.82, 2.24) is 0 Å². The molecule has 0 saturated carbocycles. The molecule has 28 heavy (non-hydrogen) atoms. The summed E-state index contributed by atoms with van der Waals surface area (Å²) in [4.78, 5) is 30.2. The van der Waals surface area contributed by atoms with Crippen molar-refractivity contribution in [2.45, 2.75) is 52.1 Å². The van der Waals surface area contributed by atoms with Gasteiger partial charge in [-0.3, -0.25) is 14.6 Å². The Morgan fingerprint density at radius 2 is 2.07 bits per heavy atom. The van der Waals surface area contributed by atoms with E-state index in [1.54, 1.807) is 19.1 Å². The summed E-state index contributed by atoms with van der Waals surface area (Å²) in [7, 11) is 0. The van der Waals surface area contributed by atoms with E-state index in [2.05, 4.69) is 4.99 Å². The topological polar surface area (TPSA) is 65.0 Å². The van der Waals surface area contributed by atoms with Gasteiger partial charge in [0.25, 0.3) is 0 Å². The smallest absolute Gasteiger partial charge is 0.315 e. The Hall–Kier alpha value is -2.34. The molecule has 3 rings (SSSR count). The highest BCUT2D eigenvalue weighted by atomic mass is 19.1. The molecule has 1 aromatic carbocycles. The zero-order chi connectivity index (χ0) is 20.3. The number of benzene rings is 1. The van der Waals surface area contributed by atoms with Crippen LogP contribution in [-0.4, -0.2) is 36.8 Å². The first-order valence-corrected chi connectivity index (χ1v) is 9.73. The number of allylic oxidation sites excluding steroid dienone is 2. The summed E-state index contributed by atoms with van der Waals surface area (Å²) < 4.78 is 24.8. The summed E-state index contributed by atoms with van der Waals surface area (Å²) in [6, 6.07) is 6.08. The summed E-state index contributed by atoms with van der Waals surface area (Å²) >= 11 is 0. The zero-order valence-corrected chi connectivity index (χ0v) is 16.5. The lowest BCUT2D eigenvalue weighted by Crippen LogP contribution is -2.37. The molecule has 0 bridgehead atoms. The third-order valence-corrected chi connectivity index (χ3v) is 5.08. The number of nitrogens with zero attached hydrogens (tertiary/aromatic N) is 1. The molecule has 2 atom stereocenters. The Kier molecular flexibility index (Phi) is 6.39. The van der Waals surface area contributed by atoms with Crippen LogP contribution in [-0.2, 0) is 19.1 Å². The van der Waals surface area contributed by atoms with Crippen molar-refractivity contribution in [3.8, 4) is 0 Å². The van der Waals surface area contributed by atoms with Crippen LogP contribution in [0.1, 0.15) is 51.5 Å². The molecular formula is C22H26FNO4. The quantitative estimate of drug-likeness (QED) is 0.547. The lowest BCUT2D eigenvalue weighted by Gasteiger charge is -2.34. The van der Waals surface area contributed by atoms with Gasteiger partial charge in [-0.2, -0.15) is 0 Å². The summed E-state index contributed by atoms with van der Waals surface area (Å²) in [5.74, 6) is -2.21. The molecule has 0 spiro atoms.